The lowest BCUT2D eigenvalue weighted by molar-refractivity contribution is 0.0626. The molecule has 1 atom stereocenters. The Kier molecular flexibility index (Phi) is 5.60. The number of aliphatic hydroxyl groups excluding tert-OH is 1. The van der Waals surface area contributed by atoms with Crippen LogP contribution in [0.5, 0.6) is 11.5 Å². The average Bonchev–Trinajstić information content (AvgIpc) is 2.53. The lowest BCUT2D eigenvalue weighted by atomic mass is 10.2. The second-order valence-corrected chi connectivity index (χ2v) is 4.94. The second kappa shape index (κ2) is 7.67. The van der Waals surface area contributed by atoms with Gasteiger partial charge in [0.15, 0.2) is 0 Å². The highest BCUT2D eigenvalue weighted by Gasteiger charge is 2.06. The number of nitrogens with two attached hydrogens (primary N) is 1. The molecule has 0 heterocycles. The fourth-order valence-corrected chi connectivity index (χ4v) is 1.79. The zero-order valence-corrected chi connectivity index (χ0v) is 12.2. The molecule has 0 radical (unpaired) electrons. The first-order valence-electron chi connectivity index (χ1n) is 6.96. The third-order valence-corrected chi connectivity index (χ3v) is 3.06. The monoisotopic (exact) mass is 287 g/mol. The van der Waals surface area contributed by atoms with E-state index >= 15 is 0 Å². The molecular weight excluding hydrogens is 266 g/mol. The van der Waals surface area contributed by atoms with Crippen molar-refractivity contribution < 1.29 is 14.6 Å². The summed E-state index contributed by atoms with van der Waals surface area (Å²) in [4.78, 5) is 0. The molecule has 4 nitrogen and oxygen atoms in total. The van der Waals surface area contributed by atoms with Crippen LogP contribution in [0.2, 0.25) is 0 Å². The van der Waals surface area contributed by atoms with Crippen LogP contribution in [0.15, 0.2) is 48.5 Å². The van der Waals surface area contributed by atoms with Gasteiger partial charge < -0.3 is 20.3 Å². The SMILES string of the molecule is Cc1ccc(OCC(O)COc2ccc(CN)cc2)cc1. The first-order valence-corrected chi connectivity index (χ1v) is 6.96. The van der Waals surface area contributed by atoms with Gasteiger partial charge in [0.1, 0.15) is 30.8 Å². The molecular formula is C17H21NO3. The molecule has 0 aliphatic rings. The summed E-state index contributed by atoms with van der Waals surface area (Å²) < 4.78 is 11.0. The third kappa shape index (κ3) is 5.10. The molecule has 0 fully saturated rings. The van der Waals surface area contributed by atoms with E-state index in [1.54, 1.807) is 0 Å². The van der Waals surface area contributed by atoms with Crippen molar-refractivity contribution >= 4 is 0 Å². The maximum atomic E-state index is 9.86. The van der Waals surface area contributed by atoms with Gasteiger partial charge in [-0.1, -0.05) is 29.8 Å². The third-order valence-electron chi connectivity index (χ3n) is 3.06. The second-order valence-electron chi connectivity index (χ2n) is 4.94. The molecule has 0 aliphatic heterocycles. The van der Waals surface area contributed by atoms with E-state index in [0.29, 0.717) is 12.3 Å². The van der Waals surface area contributed by atoms with Crippen LogP contribution in [-0.2, 0) is 6.54 Å². The smallest absolute Gasteiger partial charge is 0.122 e. The van der Waals surface area contributed by atoms with Crippen molar-refractivity contribution in [2.75, 3.05) is 13.2 Å². The molecule has 0 bridgehead atoms. The normalized spacial score (nSPS) is 12.0. The first-order chi connectivity index (χ1) is 10.2. The molecule has 0 amide bonds. The number of hydrogen-bond acceptors (Lipinski definition) is 4. The fourth-order valence-electron chi connectivity index (χ4n) is 1.79. The fraction of sp³-hybridized carbons (Fsp3) is 0.294. The summed E-state index contributed by atoms with van der Waals surface area (Å²) in [5.74, 6) is 1.45. The Labute approximate surface area is 125 Å². The topological polar surface area (TPSA) is 64.7 Å². The minimum atomic E-state index is -0.680. The van der Waals surface area contributed by atoms with Gasteiger partial charge in [-0.25, -0.2) is 0 Å². The minimum absolute atomic E-state index is 0.188. The van der Waals surface area contributed by atoms with Crippen molar-refractivity contribution in [3.63, 3.8) is 0 Å². The summed E-state index contributed by atoms with van der Waals surface area (Å²) in [6.07, 6.45) is -0.680. The molecule has 2 aromatic carbocycles. The van der Waals surface area contributed by atoms with Crippen LogP contribution in [0.4, 0.5) is 0 Å². The van der Waals surface area contributed by atoms with E-state index in [-0.39, 0.29) is 13.2 Å². The lowest BCUT2D eigenvalue weighted by Gasteiger charge is -2.14. The summed E-state index contributed by atoms with van der Waals surface area (Å²) in [5.41, 5.74) is 7.75. The van der Waals surface area contributed by atoms with Crippen LogP contribution >= 0.6 is 0 Å². The molecule has 112 valence electrons. The van der Waals surface area contributed by atoms with Gasteiger partial charge in [0.25, 0.3) is 0 Å². The molecule has 0 saturated heterocycles. The van der Waals surface area contributed by atoms with Crippen molar-refractivity contribution in [2.45, 2.75) is 19.6 Å². The van der Waals surface area contributed by atoms with E-state index < -0.39 is 6.10 Å². The lowest BCUT2D eigenvalue weighted by Crippen LogP contribution is -2.25. The highest BCUT2D eigenvalue weighted by atomic mass is 16.5. The van der Waals surface area contributed by atoms with Gasteiger partial charge in [0.2, 0.25) is 0 Å². The van der Waals surface area contributed by atoms with Gasteiger partial charge >= 0.3 is 0 Å². The van der Waals surface area contributed by atoms with E-state index in [4.69, 9.17) is 15.2 Å². The number of aliphatic hydroxyl groups is 1. The number of rotatable bonds is 7. The van der Waals surface area contributed by atoms with E-state index in [1.807, 2.05) is 55.5 Å². The Balaban J connectivity index is 1.73. The van der Waals surface area contributed by atoms with Gasteiger partial charge in [-0.15, -0.1) is 0 Å². The van der Waals surface area contributed by atoms with Crippen molar-refractivity contribution in [1.82, 2.24) is 0 Å². The van der Waals surface area contributed by atoms with Crippen molar-refractivity contribution in [2.24, 2.45) is 5.73 Å². The number of aryl methyl sites for hydroxylation is 1. The largest absolute Gasteiger partial charge is 0.491 e. The minimum Gasteiger partial charge on any atom is -0.491 e. The van der Waals surface area contributed by atoms with E-state index in [9.17, 15) is 5.11 Å². The molecule has 4 heteroatoms. The Morgan fingerprint density at radius 2 is 1.38 bits per heavy atom. The van der Waals surface area contributed by atoms with Gasteiger partial charge in [-0.2, -0.15) is 0 Å². The number of ether oxygens (including phenoxy) is 2. The Morgan fingerprint density at radius 3 is 1.86 bits per heavy atom. The van der Waals surface area contributed by atoms with Crippen LogP contribution < -0.4 is 15.2 Å². The average molecular weight is 287 g/mol. The molecule has 0 aliphatic carbocycles. The molecule has 0 aromatic heterocycles. The van der Waals surface area contributed by atoms with Crippen molar-refractivity contribution in [1.29, 1.82) is 0 Å². The van der Waals surface area contributed by atoms with Crippen molar-refractivity contribution in [3.05, 3.63) is 59.7 Å². The summed E-state index contributed by atoms with van der Waals surface area (Å²) in [5, 5.41) is 9.86. The van der Waals surface area contributed by atoms with E-state index in [2.05, 4.69) is 0 Å². The first kappa shape index (κ1) is 15.4. The van der Waals surface area contributed by atoms with Crippen LogP contribution in [0, 0.1) is 6.92 Å². The number of hydrogen-bond donors (Lipinski definition) is 2. The Bertz CT molecular complexity index is 537. The van der Waals surface area contributed by atoms with Crippen LogP contribution in [0.25, 0.3) is 0 Å². The molecule has 0 saturated carbocycles. The zero-order valence-electron chi connectivity index (χ0n) is 12.2. The Morgan fingerprint density at radius 1 is 0.905 bits per heavy atom. The van der Waals surface area contributed by atoms with Crippen LogP contribution in [0.1, 0.15) is 11.1 Å². The summed E-state index contributed by atoms with van der Waals surface area (Å²) in [7, 11) is 0. The summed E-state index contributed by atoms with van der Waals surface area (Å²) >= 11 is 0. The maximum Gasteiger partial charge on any atom is 0.122 e. The van der Waals surface area contributed by atoms with Crippen molar-refractivity contribution in [3.8, 4) is 11.5 Å². The molecule has 2 rings (SSSR count). The predicted octanol–water partition coefficient (Wildman–Crippen LogP) is 2.27. The molecule has 1 unspecified atom stereocenters. The molecule has 21 heavy (non-hydrogen) atoms. The van der Waals surface area contributed by atoms with Gasteiger partial charge in [-0.3, -0.25) is 0 Å². The quantitative estimate of drug-likeness (QED) is 0.820. The molecule has 2 aromatic rings. The Hall–Kier alpha value is -2.04. The van der Waals surface area contributed by atoms with Crippen LogP contribution in [0.3, 0.4) is 0 Å². The summed E-state index contributed by atoms with van der Waals surface area (Å²) in [6, 6.07) is 15.2. The zero-order chi connectivity index (χ0) is 15.1. The van der Waals surface area contributed by atoms with E-state index in [0.717, 1.165) is 11.3 Å². The highest BCUT2D eigenvalue weighted by molar-refractivity contribution is 5.27. The van der Waals surface area contributed by atoms with E-state index in [1.165, 1.54) is 5.56 Å². The van der Waals surface area contributed by atoms with Gasteiger partial charge in [-0.05, 0) is 36.8 Å². The van der Waals surface area contributed by atoms with Gasteiger partial charge in [0.05, 0.1) is 0 Å². The van der Waals surface area contributed by atoms with Crippen LogP contribution in [-0.4, -0.2) is 24.4 Å². The standard InChI is InChI=1S/C17H21NO3/c1-13-2-6-16(7-3-13)20-11-15(19)12-21-17-8-4-14(10-18)5-9-17/h2-9,15,19H,10-12,18H2,1H3. The molecule has 0 spiro atoms. The number of benzene rings is 2. The highest BCUT2D eigenvalue weighted by Crippen LogP contribution is 2.13. The molecule has 3 N–H and O–H groups in total. The predicted molar refractivity (Wildman–Crippen MR) is 82.5 cm³/mol. The summed E-state index contributed by atoms with van der Waals surface area (Å²) in [6.45, 7) is 2.91. The van der Waals surface area contributed by atoms with Gasteiger partial charge in [0, 0.05) is 6.54 Å². The maximum absolute atomic E-state index is 9.86.